The Labute approximate surface area is 128 Å². The van der Waals surface area contributed by atoms with Gasteiger partial charge in [0.25, 0.3) is 5.91 Å². The largest absolute Gasteiger partial charge is 0.356 e. The number of hydrogen-bond acceptors (Lipinski definition) is 2. The topological polar surface area (TPSA) is 41.1 Å². The van der Waals surface area contributed by atoms with Crippen molar-refractivity contribution in [3.63, 3.8) is 0 Å². The van der Waals surface area contributed by atoms with E-state index in [1.807, 2.05) is 37.3 Å². The summed E-state index contributed by atoms with van der Waals surface area (Å²) in [4.78, 5) is 11.9. The van der Waals surface area contributed by atoms with Gasteiger partial charge in [-0.15, -0.1) is 0 Å². The van der Waals surface area contributed by atoms with Crippen molar-refractivity contribution in [3.8, 4) is 0 Å². The van der Waals surface area contributed by atoms with E-state index in [1.54, 1.807) is 6.07 Å². The average Bonchev–Trinajstić information content (AvgIpc) is 2.48. The van der Waals surface area contributed by atoms with Crippen molar-refractivity contribution in [1.29, 1.82) is 0 Å². The number of thiocarbonyl (C=S) groups is 1. The highest BCUT2D eigenvalue weighted by atomic mass is 32.1. The molecule has 0 saturated carbocycles. The van der Waals surface area contributed by atoms with Crippen LogP contribution in [0.3, 0.4) is 0 Å². The van der Waals surface area contributed by atoms with Crippen molar-refractivity contribution in [2.24, 2.45) is 0 Å². The van der Waals surface area contributed by atoms with Crippen molar-refractivity contribution in [1.82, 2.24) is 10.6 Å². The molecule has 21 heavy (non-hydrogen) atoms. The summed E-state index contributed by atoms with van der Waals surface area (Å²) in [7, 11) is 0. The van der Waals surface area contributed by atoms with Crippen molar-refractivity contribution in [3.05, 3.63) is 71.5 Å². The van der Waals surface area contributed by atoms with Gasteiger partial charge in [0.1, 0.15) is 5.82 Å². The van der Waals surface area contributed by atoms with E-state index >= 15 is 0 Å². The van der Waals surface area contributed by atoms with Gasteiger partial charge in [0, 0.05) is 0 Å². The fourth-order valence-corrected chi connectivity index (χ4v) is 2.14. The van der Waals surface area contributed by atoms with Crippen LogP contribution in [0.2, 0.25) is 0 Å². The van der Waals surface area contributed by atoms with Gasteiger partial charge in [0.05, 0.1) is 11.6 Å². The minimum atomic E-state index is -0.575. The number of halogens is 1. The molecule has 0 aromatic heterocycles. The number of benzene rings is 2. The molecule has 5 heteroatoms. The lowest BCUT2D eigenvalue weighted by atomic mass is 10.1. The Bertz CT molecular complexity index is 646. The molecule has 0 saturated heterocycles. The summed E-state index contributed by atoms with van der Waals surface area (Å²) >= 11 is 5.08. The highest BCUT2D eigenvalue weighted by Gasteiger charge is 2.13. The van der Waals surface area contributed by atoms with Crippen LogP contribution in [0.1, 0.15) is 28.9 Å². The van der Waals surface area contributed by atoms with Gasteiger partial charge in [-0.25, -0.2) is 4.39 Å². The third kappa shape index (κ3) is 4.10. The molecule has 2 N–H and O–H groups in total. The van der Waals surface area contributed by atoms with E-state index in [2.05, 4.69) is 10.6 Å². The smallest absolute Gasteiger partial charge is 0.260 e. The third-order valence-electron chi connectivity index (χ3n) is 2.99. The summed E-state index contributed by atoms with van der Waals surface area (Å²) in [5, 5.41) is 5.64. The quantitative estimate of drug-likeness (QED) is 0.856. The van der Waals surface area contributed by atoms with E-state index in [0.29, 0.717) is 0 Å². The van der Waals surface area contributed by atoms with E-state index in [4.69, 9.17) is 12.2 Å². The summed E-state index contributed by atoms with van der Waals surface area (Å²) in [5.74, 6) is -1.14. The maximum atomic E-state index is 13.5. The van der Waals surface area contributed by atoms with Crippen LogP contribution < -0.4 is 10.6 Å². The van der Waals surface area contributed by atoms with Crippen molar-refractivity contribution < 1.29 is 9.18 Å². The predicted octanol–water partition coefficient (Wildman–Crippen LogP) is 3.19. The Kier molecular flexibility index (Phi) is 5.00. The number of hydrogen-bond donors (Lipinski definition) is 2. The van der Waals surface area contributed by atoms with Crippen LogP contribution in [0.5, 0.6) is 0 Å². The molecule has 3 nitrogen and oxygen atoms in total. The Morgan fingerprint density at radius 2 is 1.71 bits per heavy atom. The van der Waals surface area contributed by atoms with Crippen molar-refractivity contribution >= 4 is 23.2 Å². The Morgan fingerprint density at radius 1 is 1.10 bits per heavy atom. The van der Waals surface area contributed by atoms with Gasteiger partial charge < -0.3 is 5.32 Å². The molecule has 2 rings (SSSR count). The van der Waals surface area contributed by atoms with E-state index in [9.17, 15) is 9.18 Å². The molecule has 0 aliphatic carbocycles. The van der Waals surface area contributed by atoms with Crippen LogP contribution in [0.4, 0.5) is 4.39 Å². The molecule has 0 heterocycles. The summed E-state index contributed by atoms with van der Waals surface area (Å²) < 4.78 is 13.5. The molecule has 1 amide bonds. The van der Waals surface area contributed by atoms with Gasteiger partial charge >= 0.3 is 0 Å². The second-order valence-electron chi connectivity index (χ2n) is 4.54. The molecule has 0 radical (unpaired) electrons. The molecule has 2 aromatic carbocycles. The summed E-state index contributed by atoms with van der Waals surface area (Å²) in [6.45, 7) is 1.93. The van der Waals surface area contributed by atoms with Gasteiger partial charge in [-0.2, -0.15) is 0 Å². The van der Waals surface area contributed by atoms with Crippen LogP contribution in [0.25, 0.3) is 0 Å². The molecule has 0 fully saturated rings. The lowest BCUT2D eigenvalue weighted by molar-refractivity contribution is 0.0972. The second-order valence-corrected chi connectivity index (χ2v) is 4.95. The van der Waals surface area contributed by atoms with Gasteiger partial charge in [-0.3, -0.25) is 10.1 Å². The number of carbonyl (C=O) groups is 1. The molecule has 2 aromatic rings. The maximum Gasteiger partial charge on any atom is 0.260 e. The van der Waals surface area contributed by atoms with Crippen LogP contribution in [-0.2, 0) is 0 Å². The zero-order valence-corrected chi connectivity index (χ0v) is 12.3. The zero-order chi connectivity index (χ0) is 15.2. The molecule has 0 aliphatic rings. The first-order valence-corrected chi connectivity index (χ1v) is 6.90. The Morgan fingerprint density at radius 3 is 2.38 bits per heavy atom. The lowest BCUT2D eigenvalue weighted by Crippen LogP contribution is -2.40. The monoisotopic (exact) mass is 302 g/mol. The van der Waals surface area contributed by atoms with E-state index in [0.717, 1.165) is 5.56 Å². The van der Waals surface area contributed by atoms with Gasteiger partial charge in [0.2, 0.25) is 0 Å². The van der Waals surface area contributed by atoms with Gasteiger partial charge in [-0.05, 0) is 36.8 Å². The van der Waals surface area contributed by atoms with Crippen LogP contribution in [0, 0.1) is 5.82 Å². The second kappa shape index (κ2) is 6.95. The molecule has 1 atom stereocenters. The number of amides is 1. The van der Waals surface area contributed by atoms with Gasteiger partial charge in [0.15, 0.2) is 5.11 Å². The normalized spacial score (nSPS) is 11.5. The molecular weight excluding hydrogens is 287 g/mol. The third-order valence-corrected chi connectivity index (χ3v) is 3.21. The standard InChI is InChI=1S/C16H15FN2OS/c1-11(12-7-3-2-4-8-12)18-16(21)19-15(20)13-9-5-6-10-14(13)17/h2-11H,1H3,(H2,18,19,20,21). The SMILES string of the molecule is CC(NC(=S)NC(=O)c1ccccc1F)c1ccccc1. The molecule has 1 unspecified atom stereocenters. The average molecular weight is 302 g/mol. The minimum Gasteiger partial charge on any atom is -0.356 e. The molecule has 108 valence electrons. The zero-order valence-electron chi connectivity index (χ0n) is 11.5. The predicted molar refractivity (Wildman–Crippen MR) is 84.5 cm³/mol. The highest BCUT2D eigenvalue weighted by Crippen LogP contribution is 2.11. The van der Waals surface area contributed by atoms with Crippen LogP contribution in [-0.4, -0.2) is 11.0 Å². The first-order chi connectivity index (χ1) is 10.1. The van der Waals surface area contributed by atoms with Crippen LogP contribution in [0.15, 0.2) is 54.6 Å². The first-order valence-electron chi connectivity index (χ1n) is 6.49. The minimum absolute atomic E-state index is 0.0333. The van der Waals surface area contributed by atoms with Crippen LogP contribution >= 0.6 is 12.2 Å². The lowest BCUT2D eigenvalue weighted by Gasteiger charge is -2.16. The summed E-state index contributed by atoms with van der Waals surface area (Å²) in [5.41, 5.74) is 1.01. The van der Waals surface area contributed by atoms with Crippen molar-refractivity contribution in [2.75, 3.05) is 0 Å². The summed E-state index contributed by atoms with van der Waals surface area (Å²) in [6, 6.07) is 15.4. The first kappa shape index (κ1) is 15.1. The molecule has 0 aliphatic heterocycles. The maximum absolute atomic E-state index is 13.5. The van der Waals surface area contributed by atoms with E-state index in [-0.39, 0.29) is 16.7 Å². The number of nitrogens with one attached hydrogen (secondary N) is 2. The Balaban J connectivity index is 1.96. The molecule has 0 bridgehead atoms. The molecule has 0 spiro atoms. The fraction of sp³-hybridized carbons (Fsp3) is 0.125. The van der Waals surface area contributed by atoms with Gasteiger partial charge in [-0.1, -0.05) is 42.5 Å². The number of carbonyl (C=O) groups excluding carboxylic acids is 1. The van der Waals surface area contributed by atoms with E-state index in [1.165, 1.54) is 18.2 Å². The molecular formula is C16H15FN2OS. The fourth-order valence-electron chi connectivity index (χ4n) is 1.87. The highest BCUT2D eigenvalue weighted by molar-refractivity contribution is 7.80. The van der Waals surface area contributed by atoms with E-state index < -0.39 is 11.7 Å². The summed E-state index contributed by atoms with van der Waals surface area (Å²) in [6.07, 6.45) is 0. The number of rotatable bonds is 3. The van der Waals surface area contributed by atoms with Crippen molar-refractivity contribution in [2.45, 2.75) is 13.0 Å². The Hall–Kier alpha value is -2.27.